The number of nitrogens with one attached hydrogen (secondary N) is 1. The van der Waals surface area contributed by atoms with Crippen LogP contribution in [-0.2, 0) is 0 Å². The molecule has 3 rings (SSSR count). The monoisotopic (exact) mass is 260 g/mol. The minimum absolute atomic E-state index is 0.295. The summed E-state index contributed by atoms with van der Waals surface area (Å²) in [6, 6.07) is 5.54. The van der Waals surface area contributed by atoms with Crippen molar-refractivity contribution in [1.29, 1.82) is 0 Å². The van der Waals surface area contributed by atoms with E-state index >= 15 is 0 Å². The molecule has 0 aliphatic rings. The maximum absolute atomic E-state index is 10.8. The average Bonchev–Trinajstić information content (AvgIpc) is 2.93. The summed E-state index contributed by atoms with van der Waals surface area (Å²) in [4.78, 5) is 16.0. The van der Waals surface area contributed by atoms with E-state index in [1.807, 2.05) is 17.5 Å². The smallest absolute Gasteiger partial charge is 0.410 e. The lowest BCUT2D eigenvalue weighted by Crippen LogP contribution is -2.08. The zero-order valence-electron chi connectivity index (χ0n) is 9.07. The number of carbonyl (C=O) groups is 1. The highest BCUT2D eigenvalue weighted by molar-refractivity contribution is 7.13. The fraction of sp³-hybridized carbons (Fsp3) is 0. The van der Waals surface area contributed by atoms with Crippen molar-refractivity contribution in [3.63, 3.8) is 0 Å². The number of amides is 1. The van der Waals surface area contributed by atoms with Crippen molar-refractivity contribution in [3.8, 4) is 10.4 Å². The van der Waals surface area contributed by atoms with E-state index in [4.69, 9.17) is 5.11 Å². The van der Waals surface area contributed by atoms with E-state index in [0.717, 1.165) is 4.88 Å². The van der Waals surface area contributed by atoms with Crippen LogP contribution >= 0.6 is 11.3 Å². The van der Waals surface area contributed by atoms with Crippen LogP contribution in [0.25, 0.3) is 16.1 Å². The summed E-state index contributed by atoms with van der Waals surface area (Å²) >= 11 is 1.51. The van der Waals surface area contributed by atoms with Crippen LogP contribution in [0.3, 0.4) is 0 Å². The van der Waals surface area contributed by atoms with Gasteiger partial charge in [0.25, 0.3) is 0 Å². The molecule has 0 aromatic carbocycles. The number of rotatable bonds is 2. The molecule has 3 aromatic rings. The van der Waals surface area contributed by atoms with Crippen molar-refractivity contribution in [2.75, 3.05) is 5.32 Å². The number of anilines is 1. The molecule has 0 saturated heterocycles. The SMILES string of the molecule is O=C(O)Nc1nn2cccnc2c1-c1cccs1. The van der Waals surface area contributed by atoms with Gasteiger partial charge in [-0.2, -0.15) is 0 Å². The van der Waals surface area contributed by atoms with Crippen LogP contribution in [0.15, 0.2) is 36.0 Å². The van der Waals surface area contributed by atoms with Gasteiger partial charge in [0.1, 0.15) is 0 Å². The standard InChI is InChI=1S/C11H8N4O2S/c16-11(17)13-9-8(7-3-1-6-18-7)10-12-4-2-5-15(10)14-9/h1-6H,(H,13,14)(H,16,17). The first-order valence-corrected chi connectivity index (χ1v) is 6.01. The number of thiophene rings is 1. The Bertz CT molecular complexity index is 705. The van der Waals surface area contributed by atoms with E-state index in [1.54, 1.807) is 23.0 Å². The molecule has 1 amide bonds. The first-order chi connectivity index (χ1) is 8.75. The van der Waals surface area contributed by atoms with Crippen molar-refractivity contribution in [2.24, 2.45) is 0 Å². The first-order valence-electron chi connectivity index (χ1n) is 5.13. The highest BCUT2D eigenvalue weighted by Crippen LogP contribution is 2.33. The van der Waals surface area contributed by atoms with Gasteiger partial charge < -0.3 is 5.11 Å². The predicted molar refractivity (Wildman–Crippen MR) is 67.9 cm³/mol. The van der Waals surface area contributed by atoms with Gasteiger partial charge in [-0.3, -0.25) is 5.32 Å². The summed E-state index contributed by atoms with van der Waals surface area (Å²) in [6.45, 7) is 0. The minimum Gasteiger partial charge on any atom is -0.465 e. The molecule has 0 bridgehead atoms. The van der Waals surface area contributed by atoms with Crippen LogP contribution in [0, 0.1) is 0 Å². The van der Waals surface area contributed by atoms with E-state index in [0.29, 0.717) is 17.0 Å². The van der Waals surface area contributed by atoms with Crippen molar-refractivity contribution in [3.05, 3.63) is 36.0 Å². The maximum atomic E-state index is 10.8. The van der Waals surface area contributed by atoms with Gasteiger partial charge in [0.15, 0.2) is 11.5 Å². The molecule has 3 aromatic heterocycles. The van der Waals surface area contributed by atoms with Gasteiger partial charge >= 0.3 is 6.09 Å². The summed E-state index contributed by atoms with van der Waals surface area (Å²) in [5, 5.41) is 17.2. The van der Waals surface area contributed by atoms with Gasteiger partial charge in [-0.05, 0) is 17.5 Å². The second kappa shape index (κ2) is 4.11. The van der Waals surface area contributed by atoms with Gasteiger partial charge in [0.2, 0.25) is 0 Å². The molecule has 18 heavy (non-hydrogen) atoms. The van der Waals surface area contributed by atoms with Crippen LogP contribution in [0.5, 0.6) is 0 Å². The Hall–Kier alpha value is -2.41. The molecule has 2 N–H and O–H groups in total. The van der Waals surface area contributed by atoms with Crippen LogP contribution in [0.1, 0.15) is 0 Å². The molecule has 0 aliphatic heterocycles. The van der Waals surface area contributed by atoms with Crippen LogP contribution in [0.2, 0.25) is 0 Å². The molecule has 0 aliphatic carbocycles. The van der Waals surface area contributed by atoms with Crippen LogP contribution in [-0.4, -0.2) is 25.8 Å². The highest BCUT2D eigenvalue weighted by atomic mass is 32.1. The number of nitrogens with zero attached hydrogens (tertiary/aromatic N) is 3. The van der Waals surface area contributed by atoms with Gasteiger partial charge in [0.05, 0.1) is 5.56 Å². The summed E-state index contributed by atoms with van der Waals surface area (Å²) in [5.74, 6) is 0.295. The Morgan fingerprint density at radius 3 is 3.06 bits per heavy atom. The van der Waals surface area contributed by atoms with Gasteiger partial charge in [-0.1, -0.05) is 6.07 Å². The van der Waals surface area contributed by atoms with Crippen molar-refractivity contribution < 1.29 is 9.90 Å². The highest BCUT2D eigenvalue weighted by Gasteiger charge is 2.17. The van der Waals surface area contributed by atoms with Crippen LogP contribution in [0.4, 0.5) is 10.6 Å². The molecule has 7 heteroatoms. The largest absolute Gasteiger partial charge is 0.465 e. The molecular weight excluding hydrogens is 252 g/mol. The van der Waals surface area contributed by atoms with E-state index < -0.39 is 6.09 Å². The van der Waals surface area contributed by atoms with Crippen molar-refractivity contribution >= 4 is 28.9 Å². The topological polar surface area (TPSA) is 79.5 Å². The zero-order chi connectivity index (χ0) is 12.5. The molecular formula is C11H8N4O2S. The lowest BCUT2D eigenvalue weighted by molar-refractivity contribution is 0.209. The second-order valence-corrected chi connectivity index (χ2v) is 4.47. The number of fused-ring (bicyclic) bond motifs is 1. The molecule has 0 spiro atoms. The molecule has 0 saturated carbocycles. The lowest BCUT2D eigenvalue weighted by Gasteiger charge is -1.98. The van der Waals surface area contributed by atoms with Crippen molar-refractivity contribution in [1.82, 2.24) is 14.6 Å². The third-order valence-electron chi connectivity index (χ3n) is 2.39. The van der Waals surface area contributed by atoms with Gasteiger partial charge in [-0.25, -0.2) is 14.3 Å². The Kier molecular flexibility index (Phi) is 2.45. The van der Waals surface area contributed by atoms with Crippen LogP contribution < -0.4 is 5.32 Å². The molecule has 0 radical (unpaired) electrons. The van der Waals surface area contributed by atoms with E-state index in [2.05, 4.69) is 15.4 Å². The molecule has 0 fully saturated rings. The Morgan fingerprint density at radius 1 is 1.44 bits per heavy atom. The molecule has 3 heterocycles. The maximum Gasteiger partial charge on any atom is 0.410 e. The number of hydrogen-bond donors (Lipinski definition) is 2. The summed E-state index contributed by atoms with van der Waals surface area (Å²) in [7, 11) is 0. The third-order valence-corrected chi connectivity index (χ3v) is 3.28. The zero-order valence-corrected chi connectivity index (χ0v) is 9.89. The normalized spacial score (nSPS) is 10.7. The minimum atomic E-state index is -1.14. The number of hydrogen-bond acceptors (Lipinski definition) is 4. The Labute approximate surface area is 106 Å². The Morgan fingerprint density at radius 2 is 2.33 bits per heavy atom. The summed E-state index contributed by atoms with van der Waals surface area (Å²) < 4.78 is 1.56. The fourth-order valence-corrected chi connectivity index (χ4v) is 2.49. The van der Waals surface area contributed by atoms with Gasteiger partial charge in [0, 0.05) is 17.3 Å². The summed E-state index contributed by atoms with van der Waals surface area (Å²) in [5.41, 5.74) is 1.33. The average molecular weight is 260 g/mol. The molecule has 6 nitrogen and oxygen atoms in total. The summed E-state index contributed by atoms with van der Waals surface area (Å²) in [6.07, 6.45) is 2.24. The van der Waals surface area contributed by atoms with E-state index in [-0.39, 0.29) is 0 Å². The van der Waals surface area contributed by atoms with E-state index in [9.17, 15) is 4.79 Å². The van der Waals surface area contributed by atoms with Gasteiger partial charge in [-0.15, -0.1) is 16.4 Å². The lowest BCUT2D eigenvalue weighted by atomic mass is 10.2. The number of carboxylic acid groups (broad SMARTS) is 1. The Balaban J connectivity index is 2.27. The van der Waals surface area contributed by atoms with E-state index in [1.165, 1.54) is 11.3 Å². The molecule has 0 unspecified atom stereocenters. The fourth-order valence-electron chi connectivity index (χ4n) is 1.72. The third kappa shape index (κ3) is 1.70. The first kappa shape index (κ1) is 10.7. The number of aromatic nitrogens is 3. The predicted octanol–water partition coefficient (Wildman–Crippen LogP) is 2.55. The second-order valence-electron chi connectivity index (χ2n) is 3.52. The van der Waals surface area contributed by atoms with Crippen molar-refractivity contribution in [2.45, 2.75) is 0 Å². The quantitative estimate of drug-likeness (QED) is 0.742. The molecule has 90 valence electrons. The molecule has 0 atom stereocenters.